The van der Waals surface area contributed by atoms with Crippen LogP contribution in [0.15, 0.2) is 0 Å². The lowest BCUT2D eigenvalue weighted by Crippen LogP contribution is -2.46. The summed E-state index contributed by atoms with van der Waals surface area (Å²) in [4.78, 5) is 14.9. The number of likely N-dealkylation sites (tertiary alicyclic amines) is 1. The van der Waals surface area contributed by atoms with Gasteiger partial charge in [0.05, 0.1) is 0 Å². The highest BCUT2D eigenvalue weighted by atomic mass is 16.2. The summed E-state index contributed by atoms with van der Waals surface area (Å²) >= 11 is 0. The largest absolute Gasteiger partial charge is 0.334 e. The monoisotopic (exact) mass is 276 g/mol. The molecule has 1 atom stereocenters. The molecular formula is C15H24N4O. The Balaban J connectivity index is 1.85. The van der Waals surface area contributed by atoms with E-state index in [1.165, 1.54) is 6.42 Å². The molecule has 2 aliphatic rings. The van der Waals surface area contributed by atoms with Crippen molar-refractivity contribution in [3.63, 3.8) is 0 Å². The van der Waals surface area contributed by atoms with Gasteiger partial charge >= 0.3 is 0 Å². The van der Waals surface area contributed by atoms with Gasteiger partial charge in [0.1, 0.15) is 0 Å². The molecule has 2 N–H and O–H groups in total. The molecule has 5 heteroatoms. The maximum absolute atomic E-state index is 12.9. The summed E-state index contributed by atoms with van der Waals surface area (Å²) in [6, 6.07) is 0.361. The summed E-state index contributed by atoms with van der Waals surface area (Å²) in [5.74, 6) is 0.622. The Bertz CT molecular complexity index is 494. The highest BCUT2D eigenvalue weighted by Gasteiger charge is 2.32. The zero-order valence-corrected chi connectivity index (χ0v) is 12.4. The molecule has 20 heavy (non-hydrogen) atoms. The molecule has 1 amide bonds. The first-order valence-corrected chi connectivity index (χ1v) is 7.76. The first-order chi connectivity index (χ1) is 9.68. The number of piperidine rings is 1. The summed E-state index contributed by atoms with van der Waals surface area (Å²) in [7, 11) is 0. The van der Waals surface area contributed by atoms with Gasteiger partial charge in [-0.2, -0.15) is 5.10 Å². The van der Waals surface area contributed by atoms with Crippen LogP contribution in [0.2, 0.25) is 0 Å². The van der Waals surface area contributed by atoms with Crippen molar-refractivity contribution in [3.8, 4) is 0 Å². The van der Waals surface area contributed by atoms with Gasteiger partial charge in [-0.05, 0) is 25.2 Å². The molecule has 1 unspecified atom stereocenters. The molecule has 3 heterocycles. The van der Waals surface area contributed by atoms with Crippen molar-refractivity contribution >= 4 is 5.91 Å². The van der Waals surface area contributed by atoms with Crippen LogP contribution in [0.5, 0.6) is 0 Å². The number of hydrogen-bond donors (Lipinski definition) is 2. The molecule has 110 valence electrons. The predicted octanol–water partition coefficient (Wildman–Crippen LogP) is 1.71. The van der Waals surface area contributed by atoms with E-state index in [1.807, 2.05) is 0 Å². The molecule has 1 fully saturated rings. The predicted molar refractivity (Wildman–Crippen MR) is 77.5 cm³/mol. The second kappa shape index (κ2) is 5.56. The van der Waals surface area contributed by atoms with Crippen LogP contribution in [-0.2, 0) is 13.0 Å². The van der Waals surface area contributed by atoms with E-state index in [0.29, 0.717) is 17.7 Å². The minimum atomic E-state index is 0.115. The van der Waals surface area contributed by atoms with Crippen LogP contribution in [0.25, 0.3) is 0 Å². The zero-order chi connectivity index (χ0) is 14.1. The second-order valence-electron chi connectivity index (χ2n) is 6.26. The number of rotatable bonds is 2. The van der Waals surface area contributed by atoms with E-state index in [-0.39, 0.29) is 5.91 Å². The maximum Gasteiger partial charge on any atom is 0.274 e. The van der Waals surface area contributed by atoms with Gasteiger partial charge in [-0.25, -0.2) is 0 Å². The highest BCUT2D eigenvalue weighted by molar-refractivity contribution is 5.94. The molecular weight excluding hydrogens is 252 g/mol. The fourth-order valence-electron chi connectivity index (χ4n) is 3.44. The Morgan fingerprint density at radius 1 is 1.40 bits per heavy atom. The van der Waals surface area contributed by atoms with Gasteiger partial charge < -0.3 is 10.2 Å². The van der Waals surface area contributed by atoms with Gasteiger partial charge in [0, 0.05) is 43.4 Å². The third kappa shape index (κ3) is 2.35. The van der Waals surface area contributed by atoms with Crippen LogP contribution in [0.3, 0.4) is 0 Å². The first-order valence-electron chi connectivity index (χ1n) is 7.76. The normalized spacial score (nSPS) is 22.9. The smallest absolute Gasteiger partial charge is 0.274 e. The lowest BCUT2D eigenvalue weighted by Gasteiger charge is -2.38. The average Bonchev–Trinajstić information content (AvgIpc) is 2.90. The van der Waals surface area contributed by atoms with Gasteiger partial charge in [0.2, 0.25) is 0 Å². The van der Waals surface area contributed by atoms with Crippen molar-refractivity contribution < 1.29 is 4.79 Å². The van der Waals surface area contributed by atoms with E-state index in [2.05, 4.69) is 34.3 Å². The number of H-pyrrole nitrogens is 1. The quantitative estimate of drug-likeness (QED) is 0.864. The van der Waals surface area contributed by atoms with Gasteiger partial charge in [-0.1, -0.05) is 13.8 Å². The maximum atomic E-state index is 12.9. The van der Waals surface area contributed by atoms with E-state index >= 15 is 0 Å². The van der Waals surface area contributed by atoms with Crippen molar-refractivity contribution in [2.24, 2.45) is 5.92 Å². The van der Waals surface area contributed by atoms with E-state index in [9.17, 15) is 4.79 Å². The summed E-state index contributed by atoms with van der Waals surface area (Å²) in [6.45, 7) is 7.00. The minimum Gasteiger partial charge on any atom is -0.334 e. The molecule has 0 spiro atoms. The van der Waals surface area contributed by atoms with Crippen LogP contribution in [0.1, 0.15) is 54.9 Å². The third-order valence-electron chi connectivity index (χ3n) is 4.59. The number of nitrogens with zero attached hydrogens (tertiary/aromatic N) is 2. The number of fused-ring (bicyclic) bond motifs is 1. The van der Waals surface area contributed by atoms with Crippen LogP contribution in [0.4, 0.5) is 0 Å². The fraction of sp³-hybridized carbons (Fsp3) is 0.733. The SMILES string of the molecule is CC(C)C1CCCCN1C(=O)c1n[nH]c2c1CNCC2. The van der Waals surface area contributed by atoms with Crippen LogP contribution in [0, 0.1) is 5.92 Å². The van der Waals surface area contributed by atoms with Crippen LogP contribution < -0.4 is 5.32 Å². The Labute approximate surface area is 120 Å². The van der Waals surface area contributed by atoms with Gasteiger partial charge in [-0.15, -0.1) is 0 Å². The van der Waals surface area contributed by atoms with E-state index in [0.717, 1.165) is 50.2 Å². The van der Waals surface area contributed by atoms with Crippen molar-refractivity contribution in [3.05, 3.63) is 17.0 Å². The molecule has 0 radical (unpaired) electrons. The van der Waals surface area contributed by atoms with Crippen molar-refractivity contribution in [1.82, 2.24) is 20.4 Å². The summed E-state index contributed by atoms with van der Waals surface area (Å²) in [5, 5.41) is 10.7. The zero-order valence-electron chi connectivity index (χ0n) is 12.4. The molecule has 0 saturated carbocycles. The molecule has 3 rings (SSSR count). The number of carbonyl (C=O) groups excluding carboxylic acids is 1. The molecule has 1 aromatic heterocycles. The van der Waals surface area contributed by atoms with Crippen LogP contribution >= 0.6 is 0 Å². The molecule has 0 aromatic carbocycles. The molecule has 0 bridgehead atoms. The number of carbonyl (C=O) groups is 1. The standard InChI is InChI=1S/C15H24N4O/c1-10(2)13-5-3-4-8-19(13)15(20)14-11-9-16-7-6-12(11)17-18-14/h10,13,16H,3-9H2,1-2H3,(H,17,18). The Hall–Kier alpha value is -1.36. The Morgan fingerprint density at radius 3 is 3.05 bits per heavy atom. The number of aromatic nitrogens is 2. The summed E-state index contributed by atoms with van der Waals surface area (Å²) < 4.78 is 0. The molecule has 1 aromatic rings. The molecule has 5 nitrogen and oxygen atoms in total. The first kappa shape index (κ1) is 13.6. The number of nitrogens with one attached hydrogen (secondary N) is 2. The average molecular weight is 276 g/mol. The second-order valence-corrected chi connectivity index (χ2v) is 6.26. The Morgan fingerprint density at radius 2 is 2.25 bits per heavy atom. The topological polar surface area (TPSA) is 61.0 Å². The molecule has 0 aliphatic carbocycles. The van der Waals surface area contributed by atoms with E-state index in [1.54, 1.807) is 0 Å². The molecule has 2 aliphatic heterocycles. The summed E-state index contributed by atoms with van der Waals surface area (Å²) in [5.41, 5.74) is 2.85. The Kier molecular flexibility index (Phi) is 3.78. The summed E-state index contributed by atoms with van der Waals surface area (Å²) in [6.07, 6.45) is 4.39. The number of hydrogen-bond acceptors (Lipinski definition) is 3. The van der Waals surface area contributed by atoms with E-state index < -0.39 is 0 Å². The minimum absolute atomic E-state index is 0.115. The third-order valence-corrected chi connectivity index (χ3v) is 4.59. The number of aromatic amines is 1. The van der Waals surface area contributed by atoms with Crippen molar-refractivity contribution in [2.45, 2.75) is 52.1 Å². The molecule has 1 saturated heterocycles. The lowest BCUT2D eigenvalue weighted by atomic mass is 9.92. The van der Waals surface area contributed by atoms with Gasteiger partial charge in [-0.3, -0.25) is 9.89 Å². The van der Waals surface area contributed by atoms with Crippen molar-refractivity contribution in [2.75, 3.05) is 13.1 Å². The van der Waals surface area contributed by atoms with Crippen LogP contribution in [-0.4, -0.2) is 40.1 Å². The van der Waals surface area contributed by atoms with E-state index in [4.69, 9.17) is 0 Å². The van der Waals surface area contributed by atoms with Crippen molar-refractivity contribution in [1.29, 1.82) is 0 Å². The highest BCUT2D eigenvalue weighted by Crippen LogP contribution is 2.26. The van der Waals surface area contributed by atoms with Gasteiger partial charge in [0.15, 0.2) is 5.69 Å². The fourth-order valence-corrected chi connectivity index (χ4v) is 3.44. The lowest BCUT2D eigenvalue weighted by molar-refractivity contribution is 0.0536. The van der Waals surface area contributed by atoms with Gasteiger partial charge in [0.25, 0.3) is 5.91 Å². The number of amides is 1.